The number of carbonyl (C=O) groups excluding carboxylic acids is 4. The van der Waals surface area contributed by atoms with Crippen LogP contribution in [0.25, 0.3) is 0 Å². The lowest BCUT2D eigenvalue weighted by Crippen LogP contribution is -2.40. The Kier molecular flexibility index (Phi) is 15.5. The summed E-state index contributed by atoms with van der Waals surface area (Å²) in [7, 11) is 1.25. The van der Waals surface area contributed by atoms with Crippen molar-refractivity contribution < 1.29 is 53.1 Å². The predicted molar refractivity (Wildman–Crippen MR) is 150 cm³/mol. The van der Waals surface area contributed by atoms with Gasteiger partial charge in [0.2, 0.25) is 0 Å². The van der Waals surface area contributed by atoms with Crippen molar-refractivity contribution in [3.63, 3.8) is 0 Å². The summed E-state index contributed by atoms with van der Waals surface area (Å²) in [6.07, 6.45) is -1.40. The van der Waals surface area contributed by atoms with E-state index >= 15 is 0 Å². The summed E-state index contributed by atoms with van der Waals surface area (Å²) in [5.74, 6) is -5.69. The van der Waals surface area contributed by atoms with Crippen LogP contribution in [-0.4, -0.2) is 73.1 Å². The molecular weight excluding hydrogens is 550 g/mol. The highest BCUT2D eigenvalue weighted by atomic mass is 16.6. The number of carbonyl (C=O) groups is 5. The standard InChI is InChI=1S/C30H47NO11/c1-10-29(7,27(38)39-9)14-21(24(34)40-11-2)12-20(15-31)13-30(8,25(35)36)18-28(5,6)26(37)42-17-22(32)16-41-23(33)19(3)4/h20-22,32H,3,10-14,16-18H2,1-2,4-9H3,(H,35,36). The van der Waals surface area contributed by atoms with Crippen LogP contribution in [0.2, 0.25) is 0 Å². The molecule has 0 saturated heterocycles. The molecule has 0 fully saturated rings. The molecule has 0 aliphatic carbocycles. The van der Waals surface area contributed by atoms with Gasteiger partial charge in [0.25, 0.3) is 0 Å². The molecule has 42 heavy (non-hydrogen) atoms. The van der Waals surface area contributed by atoms with Gasteiger partial charge in [0.15, 0.2) is 0 Å². The highest BCUT2D eigenvalue weighted by Gasteiger charge is 2.46. The van der Waals surface area contributed by atoms with E-state index in [0.29, 0.717) is 6.42 Å². The molecule has 0 amide bonds. The molecule has 0 saturated carbocycles. The van der Waals surface area contributed by atoms with Crippen LogP contribution < -0.4 is 0 Å². The summed E-state index contributed by atoms with van der Waals surface area (Å²) in [4.78, 5) is 62.1. The maximum absolute atomic E-state index is 12.9. The molecule has 0 rings (SSSR count). The zero-order chi connectivity index (χ0) is 32.9. The number of carboxylic acid groups (broad SMARTS) is 1. The first-order valence-electron chi connectivity index (χ1n) is 13.9. The van der Waals surface area contributed by atoms with Gasteiger partial charge in [-0.15, -0.1) is 0 Å². The zero-order valence-corrected chi connectivity index (χ0v) is 26.1. The smallest absolute Gasteiger partial charge is 0.333 e. The van der Waals surface area contributed by atoms with Crippen LogP contribution in [0.5, 0.6) is 0 Å². The van der Waals surface area contributed by atoms with Crippen molar-refractivity contribution in [1.82, 2.24) is 0 Å². The number of aliphatic carboxylic acids is 1. The number of hydrogen-bond acceptors (Lipinski definition) is 11. The third-order valence-electron chi connectivity index (χ3n) is 7.29. The second kappa shape index (κ2) is 16.9. The summed E-state index contributed by atoms with van der Waals surface area (Å²) >= 11 is 0. The van der Waals surface area contributed by atoms with Crippen LogP contribution in [0.15, 0.2) is 12.2 Å². The summed E-state index contributed by atoms with van der Waals surface area (Å²) in [5, 5.41) is 30.1. The Morgan fingerprint density at radius 3 is 1.95 bits per heavy atom. The Morgan fingerprint density at radius 2 is 1.50 bits per heavy atom. The third-order valence-corrected chi connectivity index (χ3v) is 7.29. The van der Waals surface area contributed by atoms with E-state index in [9.17, 15) is 39.4 Å². The van der Waals surface area contributed by atoms with Gasteiger partial charge in [0.1, 0.15) is 19.3 Å². The molecule has 0 aromatic carbocycles. The number of aliphatic hydroxyl groups excluding tert-OH is 1. The number of carboxylic acids is 1. The Labute approximate surface area is 248 Å². The first-order chi connectivity index (χ1) is 19.3. The van der Waals surface area contributed by atoms with Crippen LogP contribution >= 0.6 is 0 Å². The molecule has 0 aromatic rings. The molecule has 0 aliphatic rings. The maximum atomic E-state index is 12.9. The van der Waals surface area contributed by atoms with Crippen molar-refractivity contribution >= 4 is 29.8 Å². The topological polar surface area (TPSA) is 187 Å². The van der Waals surface area contributed by atoms with E-state index in [0.717, 1.165) is 0 Å². The van der Waals surface area contributed by atoms with E-state index < -0.39 is 77.2 Å². The molecule has 12 heteroatoms. The van der Waals surface area contributed by atoms with Crippen molar-refractivity contribution in [2.75, 3.05) is 26.9 Å². The fraction of sp³-hybridized carbons (Fsp3) is 0.733. The number of methoxy groups -OCH3 is 1. The number of esters is 4. The number of rotatable bonds is 19. The van der Waals surface area contributed by atoms with Gasteiger partial charge in [-0.05, 0) is 73.6 Å². The minimum atomic E-state index is -1.59. The molecule has 5 unspecified atom stereocenters. The molecule has 2 N–H and O–H groups in total. The summed E-state index contributed by atoms with van der Waals surface area (Å²) in [5.41, 5.74) is -3.83. The van der Waals surface area contributed by atoms with Crippen molar-refractivity contribution in [3.8, 4) is 6.07 Å². The van der Waals surface area contributed by atoms with E-state index in [1.807, 2.05) is 0 Å². The van der Waals surface area contributed by atoms with Crippen LogP contribution in [0, 0.1) is 39.4 Å². The molecule has 0 bridgehead atoms. The van der Waals surface area contributed by atoms with E-state index in [-0.39, 0.29) is 37.9 Å². The lowest BCUT2D eigenvalue weighted by Gasteiger charge is -2.35. The average molecular weight is 598 g/mol. The average Bonchev–Trinajstić information content (AvgIpc) is 2.92. The third kappa shape index (κ3) is 11.8. The lowest BCUT2D eigenvalue weighted by atomic mass is 9.68. The molecule has 0 spiro atoms. The van der Waals surface area contributed by atoms with E-state index in [1.165, 1.54) is 34.8 Å². The fourth-order valence-electron chi connectivity index (χ4n) is 4.75. The highest BCUT2D eigenvalue weighted by molar-refractivity contribution is 5.87. The first kappa shape index (κ1) is 38.5. The zero-order valence-electron chi connectivity index (χ0n) is 26.1. The van der Waals surface area contributed by atoms with Crippen LogP contribution in [0.3, 0.4) is 0 Å². The van der Waals surface area contributed by atoms with Crippen molar-refractivity contribution in [2.24, 2.45) is 28.1 Å². The first-order valence-corrected chi connectivity index (χ1v) is 13.9. The molecule has 5 atom stereocenters. The Bertz CT molecular complexity index is 1030. The maximum Gasteiger partial charge on any atom is 0.333 e. The fourth-order valence-corrected chi connectivity index (χ4v) is 4.75. The Hall–Kier alpha value is -3.46. The monoisotopic (exact) mass is 597 g/mol. The van der Waals surface area contributed by atoms with Gasteiger partial charge in [-0.3, -0.25) is 19.2 Å². The van der Waals surface area contributed by atoms with Gasteiger partial charge in [0.05, 0.1) is 41.9 Å². The molecule has 0 aromatic heterocycles. The summed E-state index contributed by atoms with van der Waals surface area (Å²) < 4.78 is 20.1. The number of nitriles is 1. The second-order valence-electron chi connectivity index (χ2n) is 11.9. The van der Waals surface area contributed by atoms with Crippen molar-refractivity contribution in [2.45, 2.75) is 86.7 Å². The van der Waals surface area contributed by atoms with Gasteiger partial charge in [0, 0.05) is 11.5 Å². The SMILES string of the molecule is C=C(C)C(=O)OCC(O)COC(=O)C(C)(C)CC(C)(CC(C#N)CC(CC(C)(CC)C(=O)OC)C(=O)OCC)C(=O)O. The minimum Gasteiger partial charge on any atom is -0.481 e. The summed E-state index contributed by atoms with van der Waals surface area (Å²) in [6.45, 7) is 13.5. The molecule has 0 heterocycles. The largest absolute Gasteiger partial charge is 0.481 e. The minimum absolute atomic E-state index is 0.0405. The van der Waals surface area contributed by atoms with E-state index in [4.69, 9.17) is 18.9 Å². The number of aliphatic hydroxyl groups is 1. The van der Waals surface area contributed by atoms with Gasteiger partial charge < -0.3 is 29.2 Å². The second-order valence-corrected chi connectivity index (χ2v) is 11.9. The van der Waals surface area contributed by atoms with Crippen molar-refractivity contribution in [1.29, 1.82) is 5.26 Å². The molecule has 12 nitrogen and oxygen atoms in total. The van der Waals surface area contributed by atoms with Gasteiger partial charge in [-0.2, -0.15) is 5.26 Å². The molecule has 0 radical (unpaired) electrons. The molecule has 0 aliphatic heterocycles. The summed E-state index contributed by atoms with van der Waals surface area (Å²) in [6, 6.07) is 2.09. The van der Waals surface area contributed by atoms with Crippen LogP contribution in [-0.2, 0) is 42.9 Å². The predicted octanol–water partition coefficient (Wildman–Crippen LogP) is 3.60. The number of ether oxygens (including phenoxy) is 4. The van der Waals surface area contributed by atoms with Crippen molar-refractivity contribution in [3.05, 3.63) is 12.2 Å². The Morgan fingerprint density at radius 1 is 0.929 bits per heavy atom. The number of hydrogen-bond donors (Lipinski definition) is 2. The number of nitrogens with zero attached hydrogens (tertiary/aromatic N) is 1. The van der Waals surface area contributed by atoms with Gasteiger partial charge >= 0.3 is 29.8 Å². The highest BCUT2D eigenvalue weighted by Crippen LogP contribution is 2.42. The molecule has 238 valence electrons. The van der Waals surface area contributed by atoms with E-state index in [2.05, 4.69) is 12.6 Å². The normalized spacial score (nSPS) is 16.3. The van der Waals surface area contributed by atoms with E-state index in [1.54, 1.807) is 20.8 Å². The molecular formula is C30H47NO11. The van der Waals surface area contributed by atoms with Crippen LogP contribution in [0.4, 0.5) is 0 Å². The quantitative estimate of drug-likeness (QED) is 0.125. The van der Waals surface area contributed by atoms with Gasteiger partial charge in [-0.1, -0.05) is 13.5 Å². The van der Waals surface area contributed by atoms with Crippen LogP contribution in [0.1, 0.15) is 80.6 Å². The lowest BCUT2D eigenvalue weighted by molar-refractivity contribution is -0.163. The van der Waals surface area contributed by atoms with Gasteiger partial charge in [-0.25, -0.2) is 4.79 Å². The Balaban J connectivity index is 5.76.